The molecular formula is C22H35N3O7. The van der Waals surface area contributed by atoms with Crippen molar-refractivity contribution in [1.82, 2.24) is 16.0 Å². The number of nitrogens with one attached hydrogen (secondary N) is 3. The number of ether oxygens (including phenoxy) is 3. The highest BCUT2D eigenvalue weighted by atomic mass is 16.6. The minimum absolute atomic E-state index is 0.274. The van der Waals surface area contributed by atoms with E-state index in [1.165, 1.54) is 0 Å². The summed E-state index contributed by atoms with van der Waals surface area (Å²) in [5, 5.41) is 7.39. The Morgan fingerprint density at radius 1 is 0.938 bits per heavy atom. The Balaban J connectivity index is 2.62. The topological polar surface area (TPSA) is 132 Å². The second kappa shape index (κ2) is 12.1. The highest BCUT2D eigenvalue weighted by molar-refractivity contribution is 5.86. The Bertz CT molecular complexity index is 746. The predicted molar refractivity (Wildman–Crippen MR) is 118 cm³/mol. The molecule has 0 aromatic carbocycles. The fraction of sp³-hybridized carbons (Fsp3) is 0.636. The number of rotatable bonds is 8. The molecule has 0 heterocycles. The first kappa shape index (κ1) is 27.0. The van der Waals surface area contributed by atoms with Gasteiger partial charge in [0.2, 0.25) is 5.91 Å². The van der Waals surface area contributed by atoms with Crippen molar-refractivity contribution in [2.75, 3.05) is 19.7 Å². The van der Waals surface area contributed by atoms with Gasteiger partial charge in [-0.1, -0.05) is 18.2 Å². The Labute approximate surface area is 189 Å². The van der Waals surface area contributed by atoms with Crippen LogP contribution < -0.4 is 16.0 Å². The molecule has 1 aliphatic rings. The predicted octanol–water partition coefficient (Wildman–Crippen LogP) is 2.34. The standard InChI is InChI=1S/C22H35N3O7/c1-21(2,3)31-19(28)24-13-17(26)30-14-16(25-20(29)32-22(4,5)6)18(27)23-12-15-10-8-7-9-11-15/h8,10-11,16H,7,9,12-14H2,1-6H3,(H,23,27)(H,24,28)(H,25,29)/t16-/m0/s1. The van der Waals surface area contributed by atoms with E-state index >= 15 is 0 Å². The number of carbonyl (C=O) groups is 4. The smallest absolute Gasteiger partial charge is 0.408 e. The zero-order valence-corrected chi connectivity index (χ0v) is 19.7. The third-order valence-electron chi connectivity index (χ3n) is 3.73. The lowest BCUT2D eigenvalue weighted by molar-refractivity contribution is -0.144. The molecule has 0 radical (unpaired) electrons. The Morgan fingerprint density at radius 3 is 2.12 bits per heavy atom. The summed E-state index contributed by atoms with van der Waals surface area (Å²) in [5.41, 5.74) is -0.534. The fourth-order valence-electron chi connectivity index (χ4n) is 2.43. The first-order valence-corrected chi connectivity index (χ1v) is 10.5. The van der Waals surface area contributed by atoms with E-state index in [1.54, 1.807) is 41.5 Å². The van der Waals surface area contributed by atoms with Crippen molar-refractivity contribution in [3.05, 3.63) is 23.8 Å². The highest BCUT2D eigenvalue weighted by Crippen LogP contribution is 2.09. The van der Waals surface area contributed by atoms with Crippen LogP contribution in [0.2, 0.25) is 0 Å². The maximum Gasteiger partial charge on any atom is 0.408 e. The SMILES string of the molecule is CC(C)(C)OC(=O)NCC(=O)OC[C@H](NC(=O)OC(C)(C)C)C(=O)NCC1=CCCC=C1. The molecule has 0 aromatic heterocycles. The zero-order chi connectivity index (χ0) is 24.4. The summed E-state index contributed by atoms with van der Waals surface area (Å²) in [5.74, 6) is -1.33. The summed E-state index contributed by atoms with van der Waals surface area (Å²) >= 11 is 0. The van der Waals surface area contributed by atoms with Gasteiger partial charge >= 0.3 is 18.2 Å². The van der Waals surface area contributed by atoms with Gasteiger partial charge in [0.1, 0.15) is 30.4 Å². The van der Waals surface area contributed by atoms with Crippen LogP contribution in [0.3, 0.4) is 0 Å². The van der Waals surface area contributed by atoms with E-state index in [4.69, 9.17) is 14.2 Å². The fourth-order valence-corrected chi connectivity index (χ4v) is 2.43. The van der Waals surface area contributed by atoms with Gasteiger partial charge in [0.05, 0.1) is 0 Å². The van der Waals surface area contributed by atoms with Crippen molar-refractivity contribution in [3.63, 3.8) is 0 Å². The van der Waals surface area contributed by atoms with Crippen molar-refractivity contribution >= 4 is 24.1 Å². The number of hydrogen-bond acceptors (Lipinski definition) is 7. The number of amides is 3. The maximum absolute atomic E-state index is 12.6. The lowest BCUT2D eigenvalue weighted by Crippen LogP contribution is -2.51. The molecule has 0 spiro atoms. The molecule has 1 rings (SSSR count). The van der Waals surface area contributed by atoms with Crippen LogP contribution in [0.5, 0.6) is 0 Å². The summed E-state index contributed by atoms with van der Waals surface area (Å²) in [6.45, 7) is 9.52. The lowest BCUT2D eigenvalue weighted by Gasteiger charge is -2.23. The van der Waals surface area contributed by atoms with Gasteiger partial charge in [-0.25, -0.2) is 9.59 Å². The third kappa shape index (κ3) is 12.6. The summed E-state index contributed by atoms with van der Waals surface area (Å²) in [6.07, 6.45) is 6.19. The molecule has 0 unspecified atom stereocenters. The highest BCUT2D eigenvalue weighted by Gasteiger charge is 2.26. The largest absolute Gasteiger partial charge is 0.462 e. The van der Waals surface area contributed by atoms with Gasteiger partial charge < -0.3 is 30.2 Å². The number of alkyl carbamates (subject to hydrolysis) is 2. The third-order valence-corrected chi connectivity index (χ3v) is 3.73. The van der Waals surface area contributed by atoms with Crippen LogP contribution in [0, 0.1) is 0 Å². The molecule has 3 N–H and O–H groups in total. The van der Waals surface area contributed by atoms with Gasteiger partial charge in [0.25, 0.3) is 0 Å². The van der Waals surface area contributed by atoms with Crippen molar-refractivity contribution in [2.24, 2.45) is 0 Å². The monoisotopic (exact) mass is 453 g/mol. The van der Waals surface area contributed by atoms with Crippen LogP contribution in [0.4, 0.5) is 9.59 Å². The number of allylic oxidation sites excluding steroid dienone is 2. The van der Waals surface area contributed by atoms with Gasteiger partial charge in [0.15, 0.2) is 0 Å². The summed E-state index contributed by atoms with van der Waals surface area (Å²) in [7, 11) is 0. The molecule has 1 aliphatic carbocycles. The summed E-state index contributed by atoms with van der Waals surface area (Å²) in [4.78, 5) is 48.3. The Kier molecular flexibility index (Phi) is 10.2. The molecule has 10 heteroatoms. The van der Waals surface area contributed by atoms with Crippen molar-refractivity contribution < 1.29 is 33.4 Å². The van der Waals surface area contributed by atoms with E-state index in [1.807, 2.05) is 18.2 Å². The Hall–Kier alpha value is -3.04. The van der Waals surface area contributed by atoms with Crippen LogP contribution in [-0.4, -0.2) is 61.0 Å². The molecule has 10 nitrogen and oxygen atoms in total. The number of carbonyl (C=O) groups excluding carboxylic acids is 4. The van der Waals surface area contributed by atoms with E-state index in [9.17, 15) is 19.2 Å². The van der Waals surface area contributed by atoms with Crippen LogP contribution in [-0.2, 0) is 23.8 Å². The summed E-state index contributed by atoms with van der Waals surface area (Å²) < 4.78 is 15.3. The van der Waals surface area contributed by atoms with Gasteiger partial charge in [-0.2, -0.15) is 0 Å². The molecule has 1 atom stereocenters. The second-order valence-corrected chi connectivity index (χ2v) is 9.21. The molecule has 180 valence electrons. The van der Waals surface area contributed by atoms with E-state index in [2.05, 4.69) is 16.0 Å². The van der Waals surface area contributed by atoms with Gasteiger partial charge in [-0.15, -0.1) is 0 Å². The molecule has 0 fully saturated rings. The van der Waals surface area contributed by atoms with Gasteiger partial charge in [-0.3, -0.25) is 9.59 Å². The average molecular weight is 454 g/mol. The first-order chi connectivity index (χ1) is 14.7. The molecule has 3 amide bonds. The first-order valence-electron chi connectivity index (χ1n) is 10.5. The minimum atomic E-state index is -1.18. The van der Waals surface area contributed by atoms with E-state index in [0.717, 1.165) is 18.4 Å². The quantitative estimate of drug-likeness (QED) is 0.380. The van der Waals surface area contributed by atoms with Crippen molar-refractivity contribution in [2.45, 2.75) is 71.6 Å². The van der Waals surface area contributed by atoms with E-state index in [-0.39, 0.29) is 6.54 Å². The molecule has 0 saturated carbocycles. The maximum atomic E-state index is 12.6. The molecule has 0 saturated heterocycles. The normalized spacial score (nSPS) is 14.5. The van der Waals surface area contributed by atoms with Crippen molar-refractivity contribution in [1.29, 1.82) is 0 Å². The van der Waals surface area contributed by atoms with Gasteiger partial charge in [-0.05, 0) is 60.0 Å². The van der Waals surface area contributed by atoms with E-state index < -0.39 is 54.5 Å². The van der Waals surface area contributed by atoms with Gasteiger partial charge in [0, 0.05) is 6.54 Å². The average Bonchev–Trinajstić information content (AvgIpc) is 2.65. The zero-order valence-electron chi connectivity index (χ0n) is 19.7. The molecule has 0 aliphatic heterocycles. The number of esters is 1. The second-order valence-electron chi connectivity index (χ2n) is 9.21. The minimum Gasteiger partial charge on any atom is -0.462 e. The van der Waals surface area contributed by atoms with E-state index in [0.29, 0.717) is 0 Å². The number of hydrogen-bond donors (Lipinski definition) is 3. The molecule has 32 heavy (non-hydrogen) atoms. The van der Waals surface area contributed by atoms with Crippen LogP contribution in [0.1, 0.15) is 54.4 Å². The Morgan fingerprint density at radius 2 is 1.56 bits per heavy atom. The van der Waals surface area contributed by atoms with Crippen LogP contribution in [0.15, 0.2) is 23.8 Å². The molecule has 0 aromatic rings. The van der Waals surface area contributed by atoms with Crippen LogP contribution in [0.25, 0.3) is 0 Å². The van der Waals surface area contributed by atoms with Crippen LogP contribution >= 0.6 is 0 Å². The molecule has 0 bridgehead atoms. The summed E-state index contributed by atoms with van der Waals surface area (Å²) in [6, 6.07) is -1.18. The molecular weight excluding hydrogens is 418 g/mol. The van der Waals surface area contributed by atoms with Crippen molar-refractivity contribution in [3.8, 4) is 0 Å². The lowest BCUT2D eigenvalue weighted by atomic mass is 10.1.